The molecule has 0 bridgehead atoms. The SMILES string of the molecule is O=S(=O)(CCNC1CC1)c1ccc(Cl)cc1. The van der Waals surface area contributed by atoms with Crippen LogP contribution < -0.4 is 5.32 Å². The van der Waals surface area contributed by atoms with Crippen LogP contribution in [0.4, 0.5) is 0 Å². The summed E-state index contributed by atoms with van der Waals surface area (Å²) >= 11 is 5.71. The molecule has 0 saturated heterocycles. The van der Waals surface area contributed by atoms with Gasteiger partial charge < -0.3 is 5.32 Å². The zero-order valence-electron chi connectivity index (χ0n) is 8.82. The van der Waals surface area contributed by atoms with Gasteiger partial charge in [0.25, 0.3) is 0 Å². The van der Waals surface area contributed by atoms with Crippen molar-refractivity contribution in [3.8, 4) is 0 Å². The van der Waals surface area contributed by atoms with Crippen LogP contribution in [0.5, 0.6) is 0 Å². The molecule has 88 valence electrons. The minimum atomic E-state index is -3.17. The van der Waals surface area contributed by atoms with Crippen LogP contribution in [0.3, 0.4) is 0 Å². The predicted octanol–water partition coefficient (Wildman–Crippen LogP) is 1.87. The topological polar surface area (TPSA) is 46.2 Å². The van der Waals surface area contributed by atoms with E-state index in [0.29, 0.717) is 22.5 Å². The van der Waals surface area contributed by atoms with E-state index in [9.17, 15) is 8.42 Å². The second kappa shape index (κ2) is 4.73. The van der Waals surface area contributed by atoms with Crippen molar-refractivity contribution in [3.05, 3.63) is 29.3 Å². The van der Waals surface area contributed by atoms with Gasteiger partial charge in [0.05, 0.1) is 10.6 Å². The maximum Gasteiger partial charge on any atom is 0.179 e. The molecule has 0 spiro atoms. The van der Waals surface area contributed by atoms with E-state index in [1.807, 2.05) is 0 Å². The first-order chi connectivity index (χ1) is 7.58. The third-order valence-electron chi connectivity index (χ3n) is 2.55. The summed E-state index contributed by atoms with van der Waals surface area (Å²) in [5.41, 5.74) is 0. The summed E-state index contributed by atoms with van der Waals surface area (Å²) in [6, 6.07) is 6.84. The summed E-state index contributed by atoms with van der Waals surface area (Å²) in [6.45, 7) is 0.523. The lowest BCUT2D eigenvalue weighted by atomic mass is 10.4. The van der Waals surface area contributed by atoms with Crippen LogP contribution in [-0.4, -0.2) is 26.8 Å². The zero-order chi connectivity index (χ0) is 11.6. The fraction of sp³-hybridized carbons (Fsp3) is 0.455. The van der Waals surface area contributed by atoms with Crippen molar-refractivity contribution in [3.63, 3.8) is 0 Å². The summed E-state index contributed by atoms with van der Waals surface area (Å²) in [5.74, 6) is 0.144. The molecule has 0 aliphatic heterocycles. The minimum Gasteiger partial charge on any atom is -0.313 e. The van der Waals surface area contributed by atoms with Gasteiger partial charge in [-0.2, -0.15) is 0 Å². The molecular formula is C11H14ClNO2S. The van der Waals surface area contributed by atoms with Crippen molar-refractivity contribution < 1.29 is 8.42 Å². The standard InChI is InChI=1S/C11H14ClNO2S/c12-9-1-5-11(6-2-9)16(14,15)8-7-13-10-3-4-10/h1-2,5-6,10,13H,3-4,7-8H2. The van der Waals surface area contributed by atoms with Crippen LogP contribution in [0.2, 0.25) is 5.02 Å². The Balaban J connectivity index is 1.97. The Morgan fingerprint density at radius 3 is 2.44 bits per heavy atom. The maximum absolute atomic E-state index is 11.9. The van der Waals surface area contributed by atoms with Gasteiger partial charge in [-0.25, -0.2) is 8.42 Å². The van der Waals surface area contributed by atoms with E-state index in [0.717, 1.165) is 0 Å². The molecule has 1 aromatic carbocycles. The predicted molar refractivity (Wildman–Crippen MR) is 64.5 cm³/mol. The van der Waals surface area contributed by atoms with Gasteiger partial charge in [0.15, 0.2) is 9.84 Å². The van der Waals surface area contributed by atoms with Gasteiger partial charge in [0.2, 0.25) is 0 Å². The lowest BCUT2D eigenvalue weighted by molar-refractivity contribution is 0.590. The number of hydrogen-bond donors (Lipinski definition) is 1. The molecule has 0 amide bonds. The fourth-order valence-electron chi connectivity index (χ4n) is 1.44. The summed E-state index contributed by atoms with van der Waals surface area (Å²) in [4.78, 5) is 0.342. The van der Waals surface area contributed by atoms with Gasteiger partial charge in [0.1, 0.15) is 0 Å². The molecule has 1 aliphatic rings. The Morgan fingerprint density at radius 1 is 1.25 bits per heavy atom. The van der Waals surface area contributed by atoms with E-state index in [4.69, 9.17) is 11.6 Å². The number of benzene rings is 1. The van der Waals surface area contributed by atoms with E-state index in [2.05, 4.69) is 5.32 Å². The van der Waals surface area contributed by atoms with Gasteiger partial charge in [-0.15, -0.1) is 0 Å². The van der Waals surface area contributed by atoms with Crippen LogP contribution in [0, 0.1) is 0 Å². The van der Waals surface area contributed by atoms with Crippen molar-refractivity contribution in [1.29, 1.82) is 0 Å². The average Bonchev–Trinajstić information content (AvgIpc) is 3.02. The van der Waals surface area contributed by atoms with Crippen LogP contribution in [-0.2, 0) is 9.84 Å². The van der Waals surface area contributed by atoms with E-state index in [-0.39, 0.29) is 5.75 Å². The highest BCUT2D eigenvalue weighted by atomic mass is 35.5. The third kappa shape index (κ3) is 3.20. The first-order valence-corrected chi connectivity index (χ1v) is 7.33. The van der Waals surface area contributed by atoms with Crippen molar-refractivity contribution in [2.75, 3.05) is 12.3 Å². The van der Waals surface area contributed by atoms with Crippen molar-refractivity contribution >= 4 is 21.4 Å². The molecule has 16 heavy (non-hydrogen) atoms. The zero-order valence-corrected chi connectivity index (χ0v) is 10.4. The molecule has 2 rings (SSSR count). The van der Waals surface area contributed by atoms with Crippen molar-refractivity contribution in [1.82, 2.24) is 5.32 Å². The molecule has 0 atom stereocenters. The highest BCUT2D eigenvalue weighted by molar-refractivity contribution is 7.91. The Labute approximate surface area is 101 Å². The molecular weight excluding hydrogens is 246 g/mol. The lowest BCUT2D eigenvalue weighted by Crippen LogP contribution is -2.24. The summed E-state index contributed by atoms with van der Waals surface area (Å²) in [6.07, 6.45) is 2.34. The van der Waals surface area contributed by atoms with E-state index >= 15 is 0 Å². The Hall–Kier alpha value is -0.580. The molecule has 1 N–H and O–H groups in total. The first-order valence-electron chi connectivity index (χ1n) is 5.30. The second-order valence-corrected chi connectivity index (χ2v) is 6.55. The number of nitrogens with one attached hydrogen (secondary N) is 1. The van der Waals surface area contributed by atoms with Crippen LogP contribution in [0.15, 0.2) is 29.2 Å². The number of hydrogen-bond acceptors (Lipinski definition) is 3. The molecule has 0 radical (unpaired) electrons. The quantitative estimate of drug-likeness (QED) is 0.878. The molecule has 0 aromatic heterocycles. The molecule has 1 saturated carbocycles. The molecule has 1 aromatic rings. The Morgan fingerprint density at radius 2 is 1.88 bits per heavy atom. The van der Waals surface area contributed by atoms with Crippen LogP contribution >= 0.6 is 11.6 Å². The maximum atomic E-state index is 11.9. The van der Waals surface area contributed by atoms with Gasteiger partial charge in [-0.05, 0) is 37.1 Å². The molecule has 1 aliphatic carbocycles. The van der Waals surface area contributed by atoms with Crippen molar-refractivity contribution in [2.24, 2.45) is 0 Å². The van der Waals surface area contributed by atoms with Gasteiger partial charge in [0, 0.05) is 17.6 Å². The Kier molecular flexibility index (Phi) is 3.52. The van der Waals surface area contributed by atoms with Crippen LogP contribution in [0.25, 0.3) is 0 Å². The normalized spacial score (nSPS) is 16.3. The monoisotopic (exact) mass is 259 g/mol. The summed E-state index contributed by atoms with van der Waals surface area (Å²) < 4.78 is 23.7. The second-order valence-electron chi connectivity index (χ2n) is 4.00. The summed E-state index contributed by atoms with van der Waals surface area (Å²) in [5, 5.41) is 3.74. The molecule has 0 unspecified atom stereocenters. The van der Waals surface area contributed by atoms with E-state index < -0.39 is 9.84 Å². The van der Waals surface area contributed by atoms with Crippen molar-refractivity contribution in [2.45, 2.75) is 23.8 Å². The molecule has 5 heteroatoms. The van der Waals surface area contributed by atoms with Gasteiger partial charge in [-0.3, -0.25) is 0 Å². The third-order valence-corrected chi connectivity index (χ3v) is 4.54. The highest BCUT2D eigenvalue weighted by Gasteiger charge is 2.21. The van der Waals surface area contributed by atoms with E-state index in [1.165, 1.54) is 12.8 Å². The number of sulfone groups is 1. The molecule has 1 fully saturated rings. The smallest absolute Gasteiger partial charge is 0.179 e. The fourth-order valence-corrected chi connectivity index (χ4v) is 2.74. The van der Waals surface area contributed by atoms with E-state index in [1.54, 1.807) is 24.3 Å². The van der Waals surface area contributed by atoms with Gasteiger partial charge in [-0.1, -0.05) is 11.6 Å². The first kappa shape index (κ1) is 11.9. The van der Waals surface area contributed by atoms with Gasteiger partial charge >= 0.3 is 0 Å². The number of rotatable bonds is 5. The lowest BCUT2D eigenvalue weighted by Gasteiger charge is -2.05. The minimum absolute atomic E-state index is 0.144. The highest BCUT2D eigenvalue weighted by Crippen LogP contribution is 2.19. The Bertz CT molecular complexity index is 451. The average molecular weight is 260 g/mol. The largest absolute Gasteiger partial charge is 0.313 e. The number of halogens is 1. The summed E-state index contributed by atoms with van der Waals surface area (Å²) in [7, 11) is -3.17. The molecule has 3 nitrogen and oxygen atoms in total. The van der Waals surface area contributed by atoms with Crippen LogP contribution in [0.1, 0.15) is 12.8 Å². The molecule has 0 heterocycles.